The fraction of sp³-hybridized carbons (Fsp3) is 0.750. The molecule has 1 amide bonds. The molecule has 130 valence electrons. The molecular formula is C16H27N3O4. The van der Waals surface area contributed by atoms with Crippen molar-refractivity contribution in [2.75, 3.05) is 19.8 Å². The summed E-state index contributed by atoms with van der Waals surface area (Å²) in [7, 11) is 1.85. The van der Waals surface area contributed by atoms with Gasteiger partial charge in [-0.15, -0.1) is 0 Å². The summed E-state index contributed by atoms with van der Waals surface area (Å²) in [5.74, 6) is 0. The van der Waals surface area contributed by atoms with Gasteiger partial charge in [0.15, 0.2) is 0 Å². The minimum Gasteiger partial charge on any atom is -0.444 e. The first-order chi connectivity index (χ1) is 10.7. The Kier molecular flexibility index (Phi) is 5.31. The molecule has 0 bridgehead atoms. The van der Waals surface area contributed by atoms with Crippen LogP contribution in [0.4, 0.5) is 4.79 Å². The molecule has 0 radical (unpaired) electrons. The predicted octanol–water partition coefficient (Wildman–Crippen LogP) is 1.27. The van der Waals surface area contributed by atoms with E-state index in [9.17, 15) is 9.90 Å². The van der Waals surface area contributed by atoms with Crippen molar-refractivity contribution in [1.29, 1.82) is 0 Å². The van der Waals surface area contributed by atoms with Gasteiger partial charge < -0.3 is 14.6 Å². The number of aromatic nitrogens is 2. The molecule has 1 aliphatic heterocycles. The molecule has 1 saturated heterocycles. The van der Waals surface area contributed by atoms with Gasteiger partial charge in [0.1, 0.15) is 5.60 Å². The first-order valence-electron chi connectivity index (χ1n) is 7.92. The number of aryl methyl sites for hydroxylation is 2. The van der Waals surface area contributed by atoms with Crippen LogP contribution in [0, 0.1) is 6.92 Å². The Morgan fingerprint density at radius 3 is 2.83 bits per heavy atom. The van der Waals surface area contributed by atoms with Crippen LogP contribution in [0.15, 0.2) is 6.07 Å². The summed E-state index contributed by atoms with van der Waals surface area (Å²) in [6, 6.07) is 1.51. The average Bonchev–Trinajstić information content (AvgIpc) is 2.75. The van der Waals surface area contributed by atoms with E-state index in [-0.39, 0.29) is 0 Å². The van der Waals surface area contributed by atoms with E-state index >= 15 is 0 Å². The van der Waals surface area contributed by atoms with Crippen molar-refractivity contribution in [3.63, 3.8) is 0 Å². The fourth-order valence-corrected chi connectivity index (χ4v) is 2.69. The zero-order valence-electron chi connectivity index (χ0n) is 14.6. The van der Waals surface area contributed by atoms with Crippen molar-refractivity contribution >= 4 is 6.09 Å². The highest BCUT2D eigenvalue weighted by Gasteiger charge is 2.35. The number of aliphatic hydroxyl groups is 1. The van der Waals surface area contributed by atoms with E-state index in [1.165, 1.54) is 0 Å². The maximum Gasteiger partial charge on any atom is 0.410 e. The van der Waals surface area contributed by atoms with E-state index in [4.69, 9.17) is 9.47 Å². The highest BCUT2D eigenvalue weighted by atomic mass is 16.6. The number of carbonyl (C=O) groups excluding carboxylic acids is 1. The molecule has 0 aromatic carbocycles. The summed E-state index contributed by atoms with van der Waals surface area (Å²) >= 11 is 0. The van der Waals surface area contributed by atoms with E-state index in [1.807, 2.05) is 40.8 Å². The molecule has 0 spiro atoms. The number of ether oxygens (including phenoxy) is 2. The second-order valence-electron chi connectivity index (χ2n) is 6.99. The van der Waals surface area contributed by atoms with Crippen LogP contribution >= 0.6 is 0 Å². The van der Waals surface area contributed by atoms with Crippen LogP contribution in [0.2, 0.25) is 0 Å². The van der Waals surface area contributed by atoms with Crippen molar-refractivity contribution in [2.45, 2.75) is 51.9 Å². The van der Waals surface area contributed by atoms with Gasteiger partial charge in [0, 0.05) is 25.7 Å². The van der Waals surface area contributed by atoms with Crippen LogP contribution < -0.4 is 0 Å². The van der Waals surface area contributed by atoms with Crippen molar-refractivity contribution in [3.8, 4) is 0 Å². The van der Waals surface area contributed by atoms with Gasteiger partial charge in [-0.1, -0.05) is 0 Å². The van der Waals surface area contributed by atoms with Gasteiger partial charge in [-0.25, -0.2) is 4.79 Å². The fourth-order valence-electron chi connectivity index (χ4n) is 2.69. The molecule has 2 heterocycles. The van der Waals surface area contributed by atoms with Gasteiger partial charge in [0.05, 0.1) is 31.1 Å². The lowest BCUT2D eigenvalue weighted by molar-refractivity contribution is -0.0663. The van der Waals surface area contributed by atoms with Crippen LogP contribution in [0.5, 0.6) is 0 Å². The van der Waals surface area contributed by atoms with Crippen molar-refractivity contribution < 1.29 is 19.4 Å². The Balaban J connectivity index is 2.07. The maximum absolute atomic E-state index is 12.4. The molecule has 0 aliphatic carbocycles. The minimum atomic E-state index is -0.738. The molecule has 2 atom stereocenters. The number of rotatable bonds is 3. The van der Waals surface area contributed by atoms with E-state index in [2.05, 4.69) is 5.10 Å². The number of carbonyl (C=O) groups is 1. The standard InChI is InChI=1S/C16H27N3O4/c1-11-8-12(18(5)17-11)9-14(20)13-10-22-7-6-19(13)15(21)23-16(2,3)4/h8,13-14,20H,6-7,9-10H2,1-5H3. The second kappa shape index (κ2) is 6.88. The SMILES string of the molecule is Cc1cc(CC(O)C2COCCN2C(=O)OC(C)(C)C)n(C)n1. The number of hydrogen-bond acceptors (Lipinski definition) is 5. The third kappa shape index (κ3) is 4.68. The summed E-state index contributed by atoms with van der Waals surface area (Å²) in [5.41, 5.74) is 1.26. The van der Waals surface area contributed by atoms with Crippen molar-refractivity contribution in [1.82, 2.24) is 14.7 Å². The largest absolute Gasteiger partial charge is 0.444 e. The van der Waals surface area contributed by atoms with Crippen LogP contribution in [0.25, 0.3) is 0 Å². The quantitative estimate of drug-likeness (QED) is 0.905. The molecule has 1 aromatic rings. The van der Waals surface area contributed by atoms with E-state index in [0.29, 0.717) is 26.2 Å². The molecule has 1 aromatic heterocycles. The zero-order chi connectivity index (χ0) is 17.2. The number of amides is 1. The molecule has 7 nitrogen and oxygen atoms in total. The van der Waals surface area contributed by atoms with Gasteiger partial charge >= 0.3 is 6.09 Å². The number of aliphatic hydroxyl groups excluding tert-OH is 1. The minimum absolute atomic E-state index is 0.303. The van der Waals surface area contributed by atoms with Gasteiger partial charge in [-0.3, -0.25) is 9.58 Å². The summed E-state index contributed by atoms with van der Waals surface area (Å²) in [5, 5.41) is 14.9. The molecule has 1 fully saturated rings. The summed E-state index contributed by atoms with van der Waals surface area (Å²) in [6.45, 7) is 8.57. The normalized spacial score (nSPS) is 20.4. The number of nitrogens with zero attached hydrogens (tertiary/aromatic N) is 3. The van der Waals surface area contributed by atoms with Crippen LogP contribution in [-0.2, 0) is 22.9 Å². The Morgan fingerprint density at radius 2 is 2.26 bits per heavy atom. The van der Waals surface area contributed by atoms with Crippen LogP contribution in [-0.4, -0.2) is 63.4 Å². The van der Waals surface area contributed by atoms with E-state index in [1.54, 1.807) is 9.58 Å². The van der Waals surface area contributed by atoms with Gasteiger partial charge in [0.25, 0.3) is 0 Å². The zero-order valence-corrected chi connectivity index (χ0v) is 14.6. The first kappa shape index (κ1) is 17.7. The first-order valence-corrected chi connectivity index (χ1v) is 7.92. The van der Waals surface area contributed by atoms with Crippen LogP contribution in [0.3, 0.4) is 0 Å². The second-order valence-corrected chi connectivity index (χ2v) is 6.99. The van der Waals surface area contributed by atoms with Gasteiger partial charge in [0.2, 0.25) is 0 Å². The average molecular weight is 325 g/mol. The molecule has 23 heavy (non-hydrogen) atoms. The monoisotopic (exact) mass is 325 g/mol. The van der Waals surface area contributed by atoms with Crippen LogP contribution in [0.1, 0.15) is 32.2 Å². The predicted molar refractivity (Wildman–Crippen MR) is 85.2 cm³/mol. The highest BCUT2D eigenvalue weighted by molar-refractivity contribution is 5.68. The molecule has 1 aliphatic rings. The Bertz CT molecular complexity index is 550. The number of hydrogen-bond donors (Lipinski definition) is 1. The lowest BCUT2D eigenvalue weighted by Gasteiger charge is -2.38. The topological polar surface area (TPSA) is 76.8 Å². The Labute approximate surface area is 137 Å². The van der Waals surface area contributed by atoms with E-state index in [0.717, 1.165) is 11.4 Å². The molecule has 0 saturated carbocycles. The molecule has 1 N–H and O–H groups in total. The lowest BCUT2D eigenvalue weighted by Crippen LogP contribution is -2.55. The molecular weight excluding hydrogens is 298 g/mol. The van der Waals surface area contributed by atoms with Gasteiger partial charge in [-0.2, -0.15) is 5.10 Å². The van der Waals surface area contributed by atoms with Crippen molar-refractivity contribution in [2.24, 2.45) is 7.05 Å². The summed E-state index contributed by atoms with van der Waals surface area (Å²) in [6.07, 6.45) is -0.742. The summed E-state index contributed by atoms with van der Waals surface area (Å²) < 4.78 is 12.6. The highest BCUT2D eigenvalue weighted by Crippen LogP contribution is 2.19. The molecule has 2 unspecified atom stereocenters. The van der Waals surface area contributed by atoms with Crippen molar-refractivity contribution in [3.05, 3.63) is 17.5 Å². The number of morpholine rings is 1. The summed E-state index contributed by atoms with van der Waals surface area (Å²) in [4.78, 5) is 13.9. The molecule has 2 rings (SSSR count). The van der Waals surface area contributed by atoms with Gasteiger partial charge in [-0.05, 0) is 33.8 Å². The lowest BCUT2D eigenvalue weighted by atomic mass is 10.0. The Hall–Kier alpha value is -1.60. The smallest absolute Gasteiger partial charge is 0.410 e. The van der Waals surface area contributed by atoms with E-state index < -0.39 is 23.8 Å². The third-order valence-electron chi connectivity index (χ3n) is 3.75. The third-order valence-corrected chi connectivity index (χ3v) is 3.75. The Morgan fingerprint density at radius 1 is 1.57 bits per heavy atom. The molecule has 7 heteroatoms. The maximum atomic E-state index is 12.4.